The predicted octanol–water partition coefficient (Wildman–Crippen LogP) is 2.48. The molecular weight excluding hydrogens is 226 g/mol. The Kier molecular flexibility index (Phi) is 5.46. The monoisotopic (exact) mass is 255 g/mol. The second kappa shape index (κ2) is 6.88. The summed E-state index contributed by atoms with van der Waals surface area (Å²) in [6.45, 7) is 4.84. The van der Waals surface area contributed by atoms with Gasteiger partial charge in [-0.2, -0.15) is 0 Å². The standard InChI is InChI=1S/C15H29NO2/c1-13(14-6-10-18-11-7-14)16-12-15(17)8-4-2-3-5-9-15/h13-14,16-17H,2-12H2,1H3. The van der Waals surface area contributed by atoms with Crippen LogP contribution in [-0.2, 0) is 4.74 Å². The Labute approximate surface area is 111 Å². The Bertz CT molecular complexity index is 231. The van der Waals surface area contributed by atoms with Crippen molar-refractivity contribution in [1.82, 2.24) is 5.32 Å². The lowest BCUT2D eigenvalue weighted by Crippen LogP contribution is -2.46. The zero-order valence-corrected chi connectivity index (χ0v) is 11.8. The normalized spacial score (nSPS) is 27.7. The quantitative estimate of drug-likeness (QED) is 0.758. The van der Waals surface area contributed by atoms with Crippen LogP contribution in [-0.4, -0.2) is 36.5 Å². The maximum Gasteiger partial charge on any atom is 0.0771 e. The van der Waals surface area contributed by atoms with E-state index in [0.717, 1.165) is 45.4 Å². The second-order valence-electron chi connectivity index (χ2n) is 6.26. The van der Waals surface area contributed by atoms with Crippen molar-refractivity contribution < 1.29 is 9.84 Å². The van der Waals surface area contributed by atoms with Crippen molar-refractivity contribution in [1.29, 1.82) is 0 Å². The molecule has 2 rings (SSSR count). The van der Waals surface area contributed by atoms with E-state index in [2.05, 4.69) is 12.2 Å². The van der Waals surface area contributed by atoms with E-state index in [9.17, 15) is 5.11 Å². The molecule has 0 aromatic rings. The number of hydrogen-bond donors (Lipinski definition) is 2. The average Bonchev–Trinajstić information content (AvgIpc) is 2.62. The first-order chi connectivity index (χ1) is 8.70. The molecule has 1 aliphatic carbocycles. The Morgan fingerprint density at radius 1 is 1.17 bits per heavy atom. The third-order valence-electron chi connectivity index (χ3n) is 4.76. The van der Waals surface area contributed by atoms with Crippen LogP contribution in [0.4, 0.5) is 0 Å². The highest BCUT2D eigenvalue weighted by Crippen LogP contribution is 2.27. The largest absolute Gasteiger partial charge is 0.389 e. The lowest BCUT2D eigenvalue weighted by Gasteiger charge is -2.33. The Balaban J connectivity index is 1.74. The fraction of sp³-hybridized carbons (Fsp3) is 1.00. The van der Waals surface area contributed by atoms with Crippen molar-refractivity contribution in [2.75, 3.05) is 19.8 Å². The molecule has 1 saturated carbocycles. The van der Waals surface area contributed by atoms with E-state index in [1.165, 1.54) is 25.7 Å². The highest BCUT2D eigenvalue weighted by molar-refractivity contribution is 4.85. The third kappa shape index (κ3) is 4.22. The Hall–Kier alpha value is -0.120. The predicted molar refractivity (Wildman–Crippen MR) is 73.7 cm³/mol. The number of hydrogen-bond acceptors (Lipinski definition) is 3. The van der Waals surface area contributed by atoms with Gasteiger partial charge in [0, 0.05) is 25.8 Å². The molecule has 0 aromatic carbocycles. The Morgan fingerprint density at radius 3 is 2.39 bits per heavy atom. The lowest BCUT2D eigenvalue weighted by molar-refractivity contribution is 0.0151. The first-order valence-electron chi connectivity index (χ1n) is 7.73. The van der Waals surface area contributed by atoms with Gasteiger partial charge in [-0.15, -0.1) is 0 Å². The van der Waals surface area contributed by atoms with Gasteiger partial charge in [0.2, 0.25) is 0 Å². The summed E-state index contributed by atoms with van der Waals surface area (Å²) in [5.41, 5.74) is -0.448. The van der Waals surface area contributed by atoms with Crippen molar-refractivity contribution in [2.45, 2.75) is 69.9 Å². The topological polar surface area (TPSA) is 41.5 Å². The van der Waals surface area contributed by atoms with E-state index < -0.39 is 5.60 Å². The van der Waals surface area contributed by atoms with Crippen LogP contribution in [0.2, 0.25) is 0 Å². The fourth-order valence-corrected chi connectivity index (χ4v) is 3.30. The van der Waals surface area contributed by atoms with Crippen molar-refractivity contribution >= 4 is 0 Å². The fourth-order valence-electron chi connectivity index (χ4n) is 3.30. The van der Waals surface area contributed by atoms with E-state index in [4.69, 9.17) is 4.74 Å². The van der Waals surface area contributed by atoms with Gasteiger partial charge in [-0.05, 0) is 38.5 Å². The van der Waals surface area contributed by atoms with Crippen LogP contribution < -0.4 is 5.32 Å². The summed E-state index contributed by atoms with van der Waals surface area (Å²) in [6, 6.07) is 0.501. The third-order valence-corrected chi connectivity index (χ3v) is 4.76. The molecule has 18 heavy (non-hydrogen) atoms. The van der Waals surface area contributed by atoms with Gasteiger partial charge in [-0.3, -0.25) is 0 Å². The van der Waals surface area contributed by atoms with E-state index in [1.807, 2.05) is 0 Å². The number of nitrogens with one attached hydrogen (secondary N) is 1. The first kappa shape index (κ1) is 14.3. The van der Waals surface area contributed by atoms with E-state index >= 15 is 0 Å². The molecule has 0 bridgehead atoms. The summed E-state index contributed by atoms with van der Waals surface area (Å²) in [5, 5.41) is 14.2. The summed E-state index contributed by atoms with van der Waals surface area (Å²) < 4.78 is 5.40. The van der Waals surface area contributed by atoms with Crippen molar-refractivity contribution in [3.63, 3.8) is 0 Å². The molecule has 0 spiro atoms. The molecule has 1 saturated heterocycles. The highest BCUT2D eigenvalue weighted by Gasteiger charge is 2.29. The molecule has 106 valence electrons. The zero-order chi connectivity index (χ0) is 12.8. The number of rotatable bonds is 4. The maximum atomic E-state index is 10.6. The molecule has 1 aliphatic heterocycles. The zero-order valence-electron chi connectivity index (χ0n) is 11.8. The first-order valence-corrected chi connectivity index (χ1v) is 7.73. The minimum atomic E-state index is -0.448. The lowest BCUT2D eigenvalue weighted by atomic mass is 9.90. The summed E-state index contributed by atoms with van der Waals surface area (Å²) in [4.78, 5) is 0. The number of ether oxygens (including phenoxy) is 1. The minimum absolute atomic E-state index is 0.448. The summed E-state index contributed by atoms with van der Waals surface area (Å²) >= 11 is 0. The molecule has 0 radical (unpaired) electrons. The molecule has 3 heteroatoms. The van der Waals surface area contributed by atoms with E-state index in [0.29, 0.717) is 12.0 Å². The van der Waals surface area contributed by atoms with Gasteiger partial charge in [0.05, 0.1) is 5.60 Å². The van der Waals surface area contributed by atoms with Gasteiger partial charge in [0.1, 0.15) is 0 Å². The summed E-state index contributed by atoms with van der Waals surface area (Å²) in [7, 11) is 0. The van der Waals surface area contributed by atoms with E-state index in [1.54, 1.807) is 0 Å². The van der Waals surface area contributed by atoms with E-state index in [-0.39, 0.29) is 0 Å². The van der Waals surface area contributed by atoms with Crippen LogP contribution in [0.25, 0.3) is 0 Å². The van der Waals surface area contributed by atoms with Gasteiger partial charge in [-0.25, -0.2) is 0 Å². The number of aliphatic hydroxyl groups is 1. The maximum absolute atomic E-state index is 10.6. The van der Waals surface area contributed by atoms with Crippen molar-refractivity contribution in [3.8, 4) is 0 Å². The van der Waals surface area contributed by atoms with Gasteiger partial charge < -0.3 is 15.2 Å². The summed E-state index contributed by atoms with van der Waals surface area (Å²) in [5.74, 6) is 0.716. The molecule has 2 aliphatic rings. The molecule has 1 heterocycles. The van der Waals surface area contributed by atoms with Crippen molar-refractivity contribution in [2.24, 2.45) is 5.92 Å². The molecule has 2 fully saturated rings. The second-order valence-corrected chi connectivity index (χ2v) is 6.26. The van der Waals surface area contributed by atoms with Gasteiger partial charge in [-0.1, -0.05) is 25.7 Å². The smallest absolute Gasteiger partial charge is 0.0771 e. The minimum Gasteiger partial charge on any atom is -0.389 e. The molecular formula is C15H29NO2. The van der Waals surface area contributed by atoms with Crippen LogP contribution in [0.3, 0.4) is 0 Å². The van der Waals surface area contributed by atoms with Gasteiger partial charge in [0.25, 0.3) is 0 Å². The molecule has 3 nitrogen and oxygen atoms in total. The highest BCUT2D eigenvalue weighted by atomic mass is 16.5. The average molecular weight is 255 g/mol. The van der Waals surface area contributed by atoms with Crippen LogP contribution >= 0.6 is 0 Å². The molecule has 1 atom stereocenters. The summed E-state index contributed by atoms with van der Waals surface area (Å²) in [6.07, 6.45) is 9.21. The molecule has 2 N–H and O–H groups in total. The van der Waals surface area contributed by atoms with Crippen LogP contribution in [0.1, 0.15) is 58.3 Å². The van der Waals surface area contributed by atoms with Crippen LogP contribution in [0.5, 0.6) is 0 Å². The van der Waals surface area contributed by atoms with Crippen LogP contribution in [0.15, 0.2) is 0 Å². The SMILES string of the molecule is CC(NCC1(O)CCCCCC1)C1CCOCC1. The van der Waals surface area contributed by atoms with Crippen LogP contribution in [0, 0.1) is 5.92 Å². The molecule has 1 unspecified atom stereocenters. The Morgan fingerprint density at radius 2 is 1.78 bits per heavy atom. The molecule has 0 amide bonds. The van der Waals surface area contributed by atoms with Gasteiger partial charge >= 0.3 is 0 Å². The molecule has 0 aromatic heterocycles. The van der Waals surface area contributed by atoms with Gasteiger partial charge in [0.15, 0.2) is 0 Å². The van der Waals surface area contributed by atoms with Crippen molar-refractivity contribution in [3.05, 3.63) is 0 Å².